The molecule has 2 rings (SSSR count). The number of unbranched alkanes of at least 4 members (excludes halogenated alkanes) is 1. The first-order valence-corrected chi connectivity index (χ1v) is 8.31. The number of nitrogens with one attached hydrogen (secondary N) is 2. The van der Waals surface area contributed by atoms with Gasteiger partial charge in [-0.15, -0.1) is 0 Å². The molecule has 6 heteroatoms. The van der Waals surface area contributed by atoms with Gasteiger partial charge >= 0.3 is 0 Å². The highest BCUT2D eigenvalue weighted by atomic mass is 16.5. The molecule has 0 aliphatic rings. The van der Waals surface area contributed by atoms with Crippen LogP contribution in [0.4, 0.5) is 17.5 Å². The van der Waals surface area contributed by atoms with Gasteiger partial charge in [0.15, 0.2) is 0 Å². The first-order chi connectivity index (χ1) is 11.6. The van der Waals surface area contributed by atoms with Crippen LogP contribution in [0.15, 0.2) is 30.3 Å². The topological polar surface area (TPSA) is 79.3 Å². The predicted octanol–water partition coefficient (Wildman–Crippen LogP) is 3.50. The number of hydrogen-bond donors (Lipinski definition) is 3. The molecule has 1 aromatic heterocycles. The zero-order valence-electron chi connectivity index (χ0n) is 14.5. The Bertz CT molecular complexity index is 629. The minimum atomic E-state index is 0.156. The fraction of sp³-hybridized carbons (Fsp3) is 0.444. The number of aromatic nitrogens is 2. The quantitative estimate of drug-likeness (QED) is 0.611. The fourth-order valence-electron chi connectivity index (χ4n) is 2.19. The number of aryl methyl sites for hydroxylation is 1. The minimum absolute atomic E-state index is 0.156. The molecule has 0 radical (unpaired) electrons. The van der Waals surface area contributed by atoms with E-state index in [1.807, 2.05) is 51.1 Å². The van der Waals surface area contributed by atoms with E-state index in [2.05, 4.69) is 20.6 Å². The van der Waals surface area contributed by atoms with Gasteiger partial charge in [0.2, 0.25) is 5.95 Å². The van der Waals surface area contributed by atoms with E-state index in [-0.39, 0.29) is 12.7 Å². The molecule has 0 unspecified atom stereocenters. The Morgan fingerprint density at radius 2 is 1.88 bits per heavy atom. The number of hydrogen-bond acceptors (Lipinski definition) is 6. The molecule has 0 spiro atoms. The summed E-state index contributed by atoms with van der Waals surface area (Å²) in [4.78, 5) is 8.88. The largest absolute Gasteiger partial charge is 0.491 e. The van der Waals surface area contributed by atoms with Crippen LogP contribution in [0.25, 0.3) is 0 Å². The van der Waals surface area contributed by atoms with Crippen LogP contribution in [0.3, 0.4) is 0 Å². The van der Waals surface area contributed by atoms with Gasteiger partial charge in [-0.3, -0.25) is 0 Å². The van der Waals surface area contributed by atoms with Gasteiger partial charge in [-0.2, -0.15) is 4.98 Å². The molecule has 1 aromatic carbocycles. The standard InChI is InChI=1S/C18H26N4O2/c1-13(2)24-16-8-6-15(7-9-16)21-18-20-14(3)12-17(22-18)19-10-4-5-11-23/h6-9,12-13,23H,4-5,10-11H2,1-3H3,(H2,19,20,21,22). The Morgan fingerprint density at radius 3 is 2.54 bits per heavy atom. The van der Waals surface area contributed by atoms with Crippen LogP contribution >= 0.6 is 0 Å². The van der Waals surface area contributed by atoms with Crippen LogP contribution in [-0.4, -0.2) is 34.3 Å². The number of nitrogens with zero attached hydrogens (tertiary/aromatic N) is 2. The average molecular weight is 330 g/mol. The number of benzene rings is 1. The average Bonchev–Trinajstić information content (AvgIpc) is 2.52. The molecule has 130 valence electrons. The molecule has 0 amide bonds. The number of aliphatic hydroxyl groups excluding tert-OH is 1. The fourth-order valence-corrected chi connectivity index (χ4v) is 2.19. The smallest absolute Gasteiger partial charge is 0.229 e. The molecular formula is C18H26N4O2. The highest BCUT2D eigenvalue weighted by Gasteiger charge is 2.04. The maximum absolute atomic E-state index is 8.81. The third-order valence-electron chi connectivity index (χ3n) is 3.23. The van der Waals surface area contributed by atoms with Crippen LogP contribution in [0, 0.1) is 6.92 Å². The molecule has 0 fully saturated rings. The summed E-state index contributed by atoms with van der Waals surface area (Å²) in [5.41, 5.74) is 1.79. The maximum Gasteiger partial charge on any atom is 0.229 e. The van der Waals surface area contributed by atoms with Gasteiger partial charge in [0.25, 0.3) is 0 Å². The molecule has 0 saturated heterocycles. The second-order valence-corrected chi connectivity index (χ2v) is 5.89. The minimum Gasteiger partial charge on any atom is -0.491 e. The molecule has 0 bridgehead atoms. The number of ether oxygens (including phenoxy) is 1. The highest BCUT2D eigenvalue weighted by Crippen LogP contribution is 2.20. The molecule has 0 atom stereocenters. The monoisotopic (exact) mass is 330 g/mol. The Kier molecular flexibility index (Phi) is 6.81. The summed E-state index contributed by atoms with van der Waals surface area (Å²) in [7, 11) is 0. The van der Waals surface area contributed by atoms with Crippen molar-refractivity contribution in [2.75, 3.05) is 23.8 Å². The Morgan fingerprint density at radius 1 is 1.12 bits per heavy atom. The van der Waals surface area contributed by atoms with Gasteiger partial charge in [-0.25, -0.2) is 4.98 Å². The molecule has 3 N–H and O–H groups in total. The third kappa shape index (κ3) is 6.04. The van der Waals surface area contributed by atoms with Gasteiger partial charge in [0.1, 0.15) is 11.6 Å². The number of aliphatic hydroxyl groups is 1. The lowest BCUT2D eigenvalue weighted by atomic mass is 10.3. The van der Waals surface area contributed by atoms with Crippen molar-refractivity contribution >= 4 is 17.5 Å². The summed E-state index contributed by atoms with van der Waals surface area (Å²) in [6.45, 7) is 6.93. The number of rotatable bonds is 9. The van der Waals surface area contributed by atoms with E-state index in [0.29, 0.717) is 5.95 Å². The molecule has 0 saturated carbocycles. The summed E-state index contributed by atoms with van der Waals surface area (Å²) in [6.07, 6.45) is 1.84. The molecule has 24 heavy (non-hydrogen) atoms. The second kappa shape index (κ2) is 9.08. The summed E-state index contributed by atoms with van der Waals surface area (Å²) < 4.78 is 5.63. The lowest BCUT2D eigenvalue weighted by Gasteiger charge is -2.12. The second-order valence-electron chi connectivity index (χ2n) is 5.89. The van der Waals surface area contributed by atoms with Crippen LogP contribution in [0.5, 0.6) is 5.75 Å². The zero-order chi connectivity index (χ0) is 17.4. The van der Waals surface area contributed by atoms with Gasteiger partial charge in [-0.1, -0.05) is 0 Å². The lowest BCUT2D eigenvalue weighted by molar-refractivity contribution is 0.242. The molecular weight excluding hydrogens is 304 g/mol. The Labute approximate surface area is 143 Å². The SMILES string of the molecule is Cc1cc(NCCCCO)nc(Nc2ccc(OC(C)C)cc2)n1. The van der Waals surface area contributed by atoms with Gasteiger partial charge in [0.05, 0.1) is 6.10 Å². The van der Waals surface area contributed by atoms with Crippen LogP contribution < -0.4 is 15.4 Å². The van der Waals surface area contributed by atoms with E-state index >= 15 is 0 Å². The predicted molar refractivity (Wildman–Crippen MR) is 97.1 cm³/mol. The van der Waals surface area contributed by atoms with Crippen molar-refractivity contribution in [2.24, 2.45) is 0 Å². The Balaban J connectivity index is 1.99. The van der Waals surface area contributed by atoms with E-state index in [4.69, 9.17) is 9.84 Å². The van der Waals surface area contributed by atoms with Crippen LogP contribution in [-0.2, 0) is 0 Å². The molecule has 6 nitrogen and oxygen atoms in total. The van der Waals surface area contributed by atoms with E-state index in [0.717, 1.165) is 42.3 Å². The van der Waals surface area contributed by atoms with E-state index in [1.54, 1.807) is 0 Å². The first-order valence-electron chi connectivity index (χ1n) is 8.31. The van der Waals surface area contributed by atoms with Crippen molar-refractivity contribution in [3.8, 4) is 5.75 Å². The van der Waals surface area contributed by atoms with Crippen LogP contribution in [0.2, 0.25) is 0 Å². The van der Waals surface area contributed by atoms with E-state index in [1.165, 1.54) is 0 Å². The van der Waals surface area contributed by atoms with Crippen molar-refractivity contribution in [3.63, 3.8) is 0 Å². The van der Waals surface area contributed by atoms with Crippen molar-refractivity contribution in [3.05, 3.63) is 36.0 Å². The van der Waals surface area contributed by atoms with Gasteiger partial charge < -0.3 is 20.5 Å². The molecule has 0 aliphatic heterocycles. The van der Waals surface area contributed by atoms with E-state index in [9.17, 15) is 0 Å². The van der Waals surface area contributed by atoms with Crippen molar-refractivity contribution in [1.29, 1.82) is 0 Å². The van der Waals surface area contributed by atoms with Gasteiger partial charge in [-0.05, 0) is 57.9 Å². The summed E-state index contributed by atoms with van der Waals surface area (Å²) in [5, 5.41) is 15.3. The third-order valence-corrected chi connectivity index (χ3v) is 3.23. The molecule has 1 heterocycles. The zero-order valence-corrected chi connectivity index (χ0v) is 14.5. The molecule has 0 aliphatic carbocycles. The lowest BCUT2D eigenvalue weighted by Crippen LogP contribution is -2.07. The van der Waals surface area contributed by atoms with Crippen molar-refractivity contribution in [2.45, 2.75) is 39.7 Å². The summed E-state index contributed by atoms with van der Waals surface area (Å²) in [5.74, 6) is 2.17. The Hall–Kier alpha value is -2.34. The highest BCUT2D eigenvalue weighted by molar-refractivity contribution is 5.56. The van der Waals surface area contributed by atoms with Crippen LogP contribution in [0.1, 0.15) is 32.4 Å². The first kappa shape index (κ1) is 18.0. The molecule has 2 aromatic rings. The summed E-state index contributed by atoms with van der Waals surface area (Å²) >= 11 is 0. The summed E-state index contributed by atoms with van der Waals surface area (Å²) in [6, 6.07) is 9.64. The maximum atomic E-state index is 8.81. The number of anilines is 3. The van der Waals surface area contributed by atoms with Crippen molar-refractivity contribution < 1.29 is 9.84 Å². The van der Waals surface area contributed by atoms with Crippen molar-refractivity contribution in [1.82, 2.24) is 9.97 Å². The van der Waals surface area contributed by atoms with Gasteiger partial charge in [0, 0.05) is 30.6 Å². The van der Waals surface area contributed by atoms with E-state index < -0.39 is 0 Å². The normalized spacial score (nSPS) is 10.7.